The van der Waals surface area contributed by atoms with Crippen LogP contribution in [0.15, 0.2) is 27.5 Å². The number of halogens is 2. The largest absolute Gasteiger partial charge is 0.415 e. The first-order valence-electron chi connectivity index (χ1n) is 6.63. The topological polar surface area (TPSA) is 93.2 Å². The van der Waals surface area contributed by atoms with E-state index >= 15 is 0 Å². The molecule has 0 saturated heterocycles. The molecule has 0 spiro atoms. The molecule has 2 N–H and O–H groups in total. The van der Waals surface area contributed by atoms with Gasteiger partial charge in [0.05, 0.1) is 6.54 Å². The standard InChI is InChI=1S/C13H16F2N4O3/c1-7(2)16-9(20)6-19-4-3-8(5-10(19)21)12-17-18-13(22-12)11(14)15/h3-5,7,9,11,16,20H,6H2,1-2H3. The highest BCUT2D eigenvalue weighted by Crippen LogP contribution is 2.21. The zero-order valence-electron chi connectivity index (χ0n) is 12.0. The van der Waals surface area contributed by atoms with Crippen molar-refractivity contribution in [2.75, 3.05) is 0 Å². The van der Waals surface area contributed by atoms with Crippen LogP contribution in [0.25, 0.3) is 11.5 Å². The first kappa shape index (κ1) is 16.2. The Morgan fingerprint density at radius 3 is 2.68 bits per heavy atom. The Morgan fingerprint density at radius 2 is 2.14 bits per heavy atom. The van der Waals surface area contributed by atoms with E-state index < -0.39 is 24.1 Å². The predicted molar refractivity (Wildman–Crippen MR) is 73.2 cm³/mol. The molecule has 0 bridgehead atoms. The lowest BCUT2D eigenvalue weighted by Crippen LogP contribution is -2.39. The molecular weight excluding hydrogens is 298 g/mol. The molecule has 0 aliphatic rings. The molecule has 2 aromatic heterocycles. The van der Waals surface area contributed by atoms with Crippen molar-refractivity contribution >= 4 is 0 Å². The maximum atomic E-state index is 12.4. The molecule has 0 fully saturated rings. The van der Waals surface area contributed by atoms with Gasteiger partial charge in [0.2, 0.25) is 5.89 Å². The van der Waals surface area contributed by atoms with Crippen LogP contribution < -0.4 is 10.9 Å². The number of nitrogens with one attached hydrogen (secondary N) is 1. The second kappa shape index (κ2) is 6.75. The second-order valence-electron chi connectivity index (χ2n) is 4.99. The summed E-state index contributed by atoms with van der Waals surface area (Å²) in [7, 11) is 0. The van der Waals surface area contributed by atoms with Gasteiger partial charge in [0.15, 0.2) is 0 Å². The quantitative estimate of drug-likeness (QED) is 0.777. The molecule has 1 atom stereocenters. The van der Waals surface area contributed by atoms with E-state index in [2.05, 4.69) is 15.5 Å². The molecule has 120 valence electrons. The average Bonchev–Trinajstić information content (AvgIpc) is 2.90. The van der Waals surface area contributed by atoms with Crippen LogP contribution in [-0.4, -0.2) is 32.1 Å². The Hall–Kier alpha value is -2.13. The summed E-state index contributed by atoms with van der Waals surface area (Å²) in [6.45, 7) is 3.79. The van der Waals surface area contributed by atoms with E-state index in [1.165, 1.54) is 22.9 Å². The fourth-order valence-corrected chi connectivity index (χ4v) is 1.85. The molecule has 22 heavy (non-hydrogen) atoms. The zero-order valence-corrected chi connectivity index (χ0v) is 12.0. The highest BCUT2D eigenvalue weighted by Gasteiger charge is 2.17. The molecule has 0 saturated carbocycles. The van der Waals surface area contributed by atoms with Crippen LogP contribution in [0.5, 0.6) is 0 Å². The van der Waals surface area contributed by atoms with Crippen LogP contribution >= 0.6 is 0 Å². The van der Waals surface area contributed by atoms with Crippen LogP contribution in [0.2, 0.25) is 0 Å². The smallest absolute Gasteiger partial charge is 0.314 e. The number of rotatable bonds is 6. The second-order valence-corrected chi connectivity index (χ2v) is 4.99. The van der Waals surface area contributed by atoms with Gasteiger partial charge >= 0.3 is 6.43 Å². The number of alkyl halides is 2. The van der Waals surface area contributed by atoms with E-state index in [4.69, 9.17) is 4.42 Å². The minimum absolute atomic E-state index is 0.0589. The summed E-state index contributed by atoms with van der Waals surface area (Å²) >= 11 is 0. The lowest BCUT2D eigenvalue weighted by molar-refractivity contribution is 0.108. The molecule has 1 unspecified atom stereocenters. The van der Waals surface area contributed by atoms with E-state index in [0.29, 0.717) is 0 Å². The Morgan fingerprint density at radius 1 is 1.41 bits per heavy atom. The summed E-state index contributed by atoms with van der Waals surface area (Å²) < 4.78 is 30.8. The van der Waals surface area contributed by atoms with Crippen LogP contribution in [0, 0.1) is 0 Å². The van der Waals surface area contributed by atoms with Gasteiger partial charge in [-0.15, -0.1) is 10.2 Å². The first-order chi connectivity index (χ1) is 10.4. The van der Waals surface area contributed by atoms with Crippen molar-refractivity contribution in [2.24, 2.45) is 0 Å². The monoisotopic (exact) mass is 314 g/mol. The molecule has 9 heteroatoms. The molecule has 0 aromatic carbocycles. The number of hydrogen-bond donors (Lipinski definition) is 2. The first-order valence-corrected chi connectivity index (χ1v) is 6.63. The molecule has 0 aliphatic carbocycles. The van der Waals surface area contributed by atoms with Crippen LogP contribution in [0.1, 0.15) is 26.2 Å². The third kappa shape index (κ3) is 3.95. The zero-order chi connectivity index (χ0) is 16.3. The average molecular weight is 314 g/mol. The van der Waals surface area contributed by atoms with E-state index in [9.17, 15) is 18.7 Å². The van der Waals surface area contributed by atoms with Crippen molar-refractivity contribution in [3.63, 3.8) is 0 Å². The Bertz CT molecular complexity index is 684. The van der Waals surface area contributed by atoms with E-state index in [0.717, 1.165) is 0 Å². The van der Waals surface area contributed by atoms with E-state index in [1.807, 2.05) is 13.8 Å². The molecule has 2 aromatic rings. The summed E-state index contributed by atoms with van der Waals surface area (Å²) in [6, 6.07) is 2.73. The van der Waals surface area contributed by atoms with Gasteiger partial charge in [-0.05, 0) is 19.9 Å². The Kier molecular flexibility index (Phi) is 4.99. The minimum Gasteiger partial charge on any atom is -0.415 e. The molecule has 2 rings (SSSR count). The summed E-state index contributed by atoms with van der Waals surface area (Å²) in [5, 5.41) is 19.3. The van der Waals surface area contributed by atoms with Crippen molar-refractivity contribution in [2.45, 2.75) is 39.1 Å². The van der Waals surface area contributed by atoms with Crippen molar-refractivity contribution in [3.05, 3.63) is 34.6 Å². The van der Waals surface area contributed by atoms with Crippen molar-refractivity contribution in [1.29, 1.82) is 0 Å². The Labute approximate surface area is 124 Å². The van der Waals surface area contributed by atoms with Gasteiger partial charge in [-0.25, -0.2) is 0 Å². The summed E-state index contributed by atoms with van der Waals surface area (Å²) in [6.07, 6.45) is -2.31. The summed E-state index contributed by atoms with van der Waals surface area (Å²) in [5.74, 6) is -0.948. The van der Waals surface area contributed by atoms with Gasteiger partial charge < -0.3 is 14.1 Å². The maximum Gasteiger partial charge on any atom is 0.314 e. The molecule has 0 aliphatic heterocycles. The van der Waals surface area contributed by atoms with E-state index in [-0.39, 0.29) is 24.0 Å². The summed E-state index contributed by atoms with van der Waals surface area (Å²) in [4.78, 5) is 12.0. The fraction of sp³-hybridized carbons (Fsp3) is 0.462. The lowest BCUT2D eigenvalue weighted by atomic mass is 10.2. The SMILES string of the molecule is CC(C)NC(O)Cn1ccc(-c2nnc(C(F)F)o2)cc1=O. The third-order valence-electron chi connectivity index (χ3n) is 2.77. The Balaban J connectivity index is 2.17. The molecule has 2 heterocycles. The van der Waals surface area contributed by atoms with Gasteiger partial charge in [0.25, 0.3) is 11.4 Å². The number of nitrogens with zero attached hydrogens (tertiary/aromatic N) is 3. The third-order valence-corrected chi connectivity index (χ3v) is 2.77. The maximum absolute atomic E-state index is 12.4. The fourth-order valence-electron chi connectivity index (χ4n) is 1.85. The number of hydrogen-bond acceptors (Lipinski definition) is 6. The van der Waals surface area contributed by atoms with Crippen molar-refractivity contribution in [1.82, 2.24) is 20.1 Å². The van der Waals surface area contributed by atoms with Gasteiger partial charge in [-0.2, -0.15) is 8.78 Å². The number of aliphatic hydroxyl groups is 1. The highest BCUT2D eigenvalue weighted by atomic mass is 19.3. The lowest BCUT2D eigenvalue weighted by Gasteiger charge is -2.16. The normalized spacial score (nSPS) is 13.0. The van der Waals surface area contributed by atoms with E-state index in [1.54, 1.807) is 0 Å². The van der Waals surface area contributed by atoms with Crippen LogP contribution in [0.4, 0.5) is 8.78 Å². The molecular formula is C13H16F2N4O3. The molecule has 0 amide bonds. The molecule has 7 nitrogen and oxygen atoms in total. The van der Waals surface area contributed by atoms with Gasteiger partial charge in [-0.1, -0.05) is 0 Å². The number of aromatic nitrogens is 3. The summed E-state index contributed by atoms with van der Waals surface area (Å²) in [5.41, 5.74) is -0.175. The van der Waals surface area contributed by atoms with Crippen LogP contribution in [0.3, 0.4) is 0 Å². The number of pyridine rings is 1. The van der Waals surface area contributed by atoms with Crippen molar-refractivity contribution < 1.29 is 18.3 Å². The van der Waals surface area contributed by atoms with Gasteiger partial charge in [-0.3, -0.25) is 10.1 Å². The molecule has 0 radical (unpaired) electrons. The van der Waals surface area contributed by atoms with Crippen molar-refractivity contribution in [3.8, 4) is 11.5 Å². The van der Waals surface area contributed by atoms with Crippen LogP contribution in [-0.2, 0) is 6.54 Å². The highest BCUT2D eigenvalue weighted by molar-refractivity contribution is 5.50. The van der Waals surface area contributed by atoms with Gasteiger partial charge in [0.1, 0.15) is 6.23 Å². The predicted octanol–water partition coefficient (Wildman–Crippen LogP) is 1.15. The van der Waals surface area contributed by atoms with Gasteiger partial charge in [0, 0.05) is 23.9 Å². The minimum atomic E-state index is -2.86. The number of aliphatic hydroxyl groups excluding tert-OH is 1.